The van der Waals surface area contributed by atoms with Gasteiger partial charge in [0.15, 0.2) is 0 Å². The molecule has 1 aliphatic rings. The maximum Gasteiger partial charge on any atom is 0.303 e. The highest BCUT2D eigenvalue weighted by molar-refractivity contribution is 5.66. The zero-order valence-electron chi connectivity index (χ0n) is 15.7. The van der Waals surface area contributed by atoms with Gasteiger partial charge >= 0.3 is 5.97 Å². The van der Waals surface area contributed by atoms with Crippen LogP contribution in [0.5, 0.6) is 0 Å². The van der Waals surface area contributed by atoms with Crippen molar-refractivity contribution >= 4 is 5.97 Å². The molecule has 0 unspecified atom stereocenters. The molecule has 4 N–H and O–H groups in total. The molecule has 0 saturated carbocycles. The van der Waals surface area contributed by atoms with Crippen molar-refractivity contribution in [1.82, 2.24) is 0 Å². The highest BCUT2D eigenvalue weighted by atomic mass is 16.5. The van der Waals surface area contributed by atoms with Crippen LogP contribution in [-0.4, -0.2) is 56.9 Å². The molecule has 1 aliphatic heterocycles. The summed E-state index contributed by atoms with van der Waals surface area (Å²) in [5.41, 5.74) is 0. The molecule has 0 bridgehead atoms. The van der Waals surface area contributed by atoms with E-state index in [1.54, 1.807) is 12.2 Å². The number of ether oxygens (including phenoxy) is 1. The van der Waals surface area contributed by atoms with Crippen LogP contribution in [0.1, 0.15) is 64.7 Å². The van der Waals surface area contributed by atoms with E-state index in [2.05, 4.69) is 13.0 Å². The first-order valence-electron chi connectivity index (χ1n) is 9.68. The van der Waals surface area contributed by atoms with E-state index in [1.807, 2.05) is 6.08 Å². The first-order valence-corrected chi connectivity index (χ1v) is 9.68. The Labute approximate surface area is 156 Å². The summed E-state index contributed by atoms with van der Waals surface area (Å²) in [5, 5.41) is 38.7. The molecule has 0 spiro atoms. The van der Waals surface area contributed by atoms with Crippen molar-refractivity contribution in [3.8, 4) is 0 Å². The lowest BCUT2D eigenvalue weighted by Gasteiger charge is -2.17. The monoisotopic (exact) mass is 370 g/mol. The third-order valence-corrected chi connectivity index (χ3v) is 4.55. The Morgan fingerprint density at radius 3 is 2.69 bits per heavy atom. The van der Waals surface area contributed by atoms with Crippen molar-refractivity contribution in [3.05, 3.63) is 24.3 Å². The molecule has 0 aromatic heterocycles. The van der Waals surface area contributed by atoms with Crippen molar-refractivity contribution in [1.29, 1.82) is 0 Å². The van der Waals surface area contributed by atoms with E-state index < -0.39 is 36.5 Å². The Bertz CT molecular complexity index is 448. The van der Waals surface area contributed by atoms with Crippen LogP contribution in [0.4, 0.5) is 0 Å². The molecule has 1 heterocycles. The summed E-state index contributed by atoms with van der Waals surface area (Å²) in [6.07, 6.45) is 10.2. The maximum absolute atomic E-state index is 10.5. The van der Waals surface area contributed by atoms with Crippen LogP contribution < -0.4 is 0 Å². The van der Waals surface area contributed by atoms with Gasteiger partial charge in [0.1, 0.15) is 6.10 Å². The molecule has 26 heavy (non-hydrogen) atoms. The Morgan fingerprint density at radius 2 is 2.00 bits per heavy atom. The highest BCUT2D eigenvalue weighted by Gasteiger charge is 2.36. The molecular formula is C20H34O6. The lowest BCUT2D eigenvalue weighted by Crippen LogP contribution is -2.26. The summed E-state index contributed by atoms with van der Waals surface area (Å²) < 4.78 is 5.65. The lowest BCUT2D eigenvalue weighted by molar-refractivity contribution is -0.137. The molecule has 6 heteroatoms. The topological polar surface area (TPSA) is 107 Å². The molecule has 150 valence electrons. The van der Waals surface area contributed by atoms with E-state index in [0.29, 0.717) is 25.7 Å². The zero-order valence-corrected chi connectivity index (χ0v) is 15.7. The molecule has 1 fully saturated rings. The van der Waals surface area contributed by atoms with Crippen LogP contribution in [0.3, 0.4) is 0 Å². The first kappa shape index (κ1) is 22.8. The fourth-order valence-electron chi connectivity index (χ4n) is 2.97. The summed E-state index contributed by atoms with van der Waals surface area (Å²) >= 11 is 0. The van der Waals surface area contributed by atoms with Gasteiger partial charge in [0.25, 0.3) is 0 Å². The van der Waals surface area contributed by atoms with Crippen LogP contribution in [0.25, 0.3) is 0 Å². The number of unbranched alkanes of at least 4 members (excludes halogenated alkanes) is 3. The van der Waals surface area contributed by atoms with Gasteiger partial charge in [-0.05, 0) is 32.1 Å². The third kappa shape index (κ3) is 9.48. The Morgan fingerprint density at radius 1 is 1.23 bits per heavy atom. The van der Waals surface area contributed by atoms with E-state index in [1.165, 1.54) is 12.8 Å². The second kappa shape index (κ2) is 13.0. The summed E-state index contributed by atoms with van der Waals surface area (Å²) in [6.45, 7) is 2.16. The molecule has 1 saturated heterocycles. The predicted molar refractivity (Wildman–Crippen MR) is 99.8 cm³/mol. The molecule has 1 rings (SSSR count). The van der Waals surface area contributed by atoms with Gasteiger partial charge in [0.05, 0.1) is 24.4 Å². The normalized spacial score (nSPS) is 25.9. The number of aliphatic hydroxyl groups excluding tert-OH is 3. The SMILES string of the molecule is CCCCC/C=C\C[C@@H](O)/C=C/[C@H]1O[C@H]([C@H](O)CCCC(=O)O)C[C@@H]1O. The van der Waals surface area contributed by atoms with Crippen LogP contribution in [0, 0.1) is 0 Å². The average molecular weight is 370 g/mol. The fraction of sp³-hybridized carbons (Fsp3) is 0.750. The van der Waals surface area contributed by atoms with Crippen LogP contribution in [-0.2, 0) is 9.53 Å². The molecule has 0 aliphatic carbocycles. The Hall–Kier alpha value is -1.21. The summed E-state index contributed by atoms with van der Waals surface area (Å²) in [7, 11) is 0. The summed E-state index contributed by atoms with van der Waals surface area (Å²) in [4.78, 5) is 10.5. The van der Waals surface area contributed by atoms with Gasteiger partial charge in [0, 0.05) is 12.8 Å². The summed E-state index contributed by atoms with van der Waals surface area (Å²) in [6, 6.07) is 0. The van der Waals surface area contributed by atoms with E-state index >= 15 is 0 Å². The third-order valence-electron chi connectivity index (χ3n) is 4.55. The Kier molecular flexibility index (Phi) is 11.4. The molecule has 6 nitrogen and oxygen atoms in total. The molecular weight excluding hydrogens is 336 g/mol. The second-order valence-corrected chi connectivity index (χ2v) is 6.95. The van der Waals surface area contributed by atoms with Crippen LogP contribution >= 0.6 is 0 Å². The number of hydrogen-bond acceptors (Lipinski definition) is 5. The molecule has 5 atom stereocenters. The van der Waals surface area contributed by atoms with Crippen molar-refractivity contribution in [2.24, 2.45) is 0 Å². The number of rotatable bonds is 13. The first-order chi connectivity index (χ1) is 12.4. The maximum atomic E-state index is 10.5. The van der Waals surface area contributed by atoms with Gasteiger partial charge in [-0.2, -0.15) is 0 Å². The van der Waals surface area contributed by atoms with Gasteiger partial charge in [-0.25, -0.2) is 0 Å². The van der Waals surface area contributed by atoms with Crippen LogP contribution in [0.15, 0.2) is 24.3 Å². The largest absolute Gasteiger partial charge is 0.481 e. The van der Waals surface area contributed by atoms with Gasteiger partial charge in [-0.3, -0.25) is 4.79 Å². The van der Waals surface area contributed by atoms with Crippen molar-refractivity contribution in [2.45, 2.75) is 95.2 Å². The number of hydrogen-bond donors (Lipinski definition) is 4. The average Bonchev–Trinajstić information content (AvgIpc) is 2.96. The van der Waals surface area contributed by atoms with Crippen molar-refractivity contribution in [2.75, 3.05) is 0 Å². The smallest absolute Gasteiger partial charge is 0.303 e. The summed E-state index contributed by atoms with van der Waals surface area (Å²) in [5.74, 6) is -0.890. The number of carbonyl (C=O) groups is 1. The number of carboxylic acids is 1. The van der Waals surface area contributed by atoms with E-state index in [9.17, 15) is 20.1 Å². The number of aliphatic carboxylic acids is 1. The standard InChI is InChI=1S/C20H34O6/c1-2-3-4-5-6-7-9-15(21)12-13-18-17(23)14-19(26-18)16(22)10-8-11-20(24)25/h6-7,12-13,15-19,21-23H,2-5,8-11,14H2,1H3,(H,24,25)/b7-6-,13-12+/t15-,16-,17+,18-,19+/m1/s1. The van der Waals surface area contributed by atoms with E-state index in [0.717, 1.165) is 12.8 Å². The van der Waals surface area contributed by atoms with Gasteiger partial charge < -0.3 is 25.2 Å². The number of allylic oxidation sites excluding steroid dienone is 1. The minimum atomic E-state index is -0.890. The molecule has 0 radical (unpaired) electrons. The molecule has 0 aromatic carbocycles. The van der Waals surface area contributed by atoms with Gasteiger partial charge in [-0.15, -0.1) is 0 Å². The lowest BCUT2D eigenvalue weighted by atomic mass is 10.0. The predicted octanol–water partition coefficient (Wildman–Crippen LogP) is 2.56. The highest BCUT2D eigenvalue weighted by Crippen LogP contribution is 2.26. The number of carboxylic acid groups (broad SMARTS) is 1. The number of aliphatic hydroxyl groups is 3. The quantitative estimate of drug-likeness (QED) is 0.293. The zero-order chi connectivity index (χ0) is 19.4. The van der Waals surface area contributed by atoms with Crippen molar-refractivity contribution < 1.29 is 30.0 Å². The van der Waals surface area contributed by atoms with Gasteiger partial charge in [-0.1, -0.05) is 44.1 Å². The molecule has 0 aromatic rings. The fourth-order valence-corrected chi connectivity index (χ4v) is 2.97. The second-order valence-electron chi connectivity index (χ2n) is 6.95. The Balaban J connectivity index is 2.31. The minimum absolute atomic E-state index is 0.00776. The molecule has 0 amide bonds. The van der Waals surface area contributed by atoms with E-state index in [4.69, 9.17) is 9.84 Å². The van der Waals surface area contributed by atoms with Crippen LogP contribution in [0.2, 0.25) is 0 Å². The van der Waals surface area contributed by atoms with Gasteiger partial charge in [0.2, 0.25) is 0 Å². The minimum Gasteiger partial charge on any atom is -0.481 e. The van der Waals surface area contributed by atoms with E-state index in [-0.39, 0.29) is 6.42 Å². The van der Waals surface area contributed by atoms with Crippen molar-refractivity contribution in [3.63, 3.8) is 0 Å².